The predicted molar refractivity (Wildman–Crippen MR) is 194 cm³/mol. The molecule has 7 atom stereocenters. The first-order chi connectivity index (χ1) is 23.8. The summed E-state index contributed by atoms with van der Waals surface area (Å²) in [6.07, 6.45) is 5.84. The van der Waals surface area contributed by atoms with E-state index in [9.17, 15) is 15.0 Å². The van der Waals surface area contributed by atoms with Crippen LogP contribution < -0.4 is 0 Å². The number of amides is 1. The Morgan fingerprint density at radius 1 is 0.857 bits per heavy atom. The van der Waals surface area contributed by atoms with Crippen molar-refractivity contribution >= 4 is 5.91 Å². The van der Waals surface area contributed by atoms with Gasteiger partial charge in [0.2, 0.25) is 5.91 Å². The molecule has 3 unspecified atom stereocenters. The van der Waals surface area contributed by atoms with Gasteiger partial charge in [0.05, 0.1) is 12.5 Å². The molecule has 2 fully saturated rings. The van der Waals surface area contributed by atoms with Crippen molar-refractivity contribution in [3.05, 3.63) is 125 Å². The second kappa shape index (κ2) is 14.5. The van der Waals surface area contributed by atoms with Crippen LogP contribution in [0, 0.1) is 23.2 Å². The highest BCUT2D eigenvalue weighted by molar-refractivity contribution is 5.79. The van der Waals surface area contributed by atoms with Crippen LogP contribution >= 0.6 is 0 Å². The largest absolute Gasteiger partial charge is 0.508 e. The molecule has 1 amide bonds. The van der Waals surface area contributed by atoms with E-state index < -0.39 is 12.3 Å². The first kappa shape index (κ1) is 33.5. The van der Waals surface area contributed by atoms with Crippen molar-refractivity contribution in [2.75, 3.05) is 6.54 Å². The van der Waals surface area contributed by atoms with E-state index in [1.165, 1.54) is 5.56 Å². The third kappa shape index (κ3) is 7.05. The van der Waals surface area contributed by atoms with Crippen LogP contribution in [0.25, 0.3) is 11.1 Å². The number of rotatable bonds is 11. The number of carbonyl (C=O) groups is 1. The van der Waals surface area contributed by atoms with Gasteiger partial charge in [0.25, 0.3) is 0 Å². The molecule has 3 aliphatic rings. The standard InChI is InChI=1S/C44H50FNO3/c1-44-28-39(45)43-37-21-20-36(47)27-35(37)26-34(42(43)38(44)22-23-40(44)48)15-9-4-10-24-46(29-31-11-5-2-6-12-31)41(49)25-30-16-18-33(19-17-30)32-13-7-3-8-14-32/h2-3,5-8,11-14,16-21,27,34,38-40,42-43,47-48H,4,9-10,15,22-26,28-29H2,1H3/t34-,38?,39+,40+,42?,43?,44+/m1/s1. The summed E-state index contributed by atoms with van der Waals surface area (Å²) in [5.41, 5.74) is 6.25. The number of hydrogen-bond donors (Lipinski definition) is 2. The van der Waals surface area contributed by atoms with Crippen LogP contribution in [0.2, 0.25) is 0 Å². The van der Waals surface area contributed by atoms with Gasteiger partial charge in [-0.2, -0.15) is 0 Å². The smallest absolute Gasteiger partial charge is 0.227 e. The topological polar surface area (TPSA) is 60.8 Å². The van der Waals surface area contributed by atoms with Crippen LogP contribution in [-0.4, -0.2) is 39.8 Å². The van der Waals surface area contributed by atoms with Crippen molar-refractivity contribution in [2.24, 2.45) is 23.2 Å². The Morgan fingerprint density at radius 3 is 2.33 bits per heavy atom. The highest BCUT2D eigenvalue weighted by Crippen LogP contribution is 2.63. The van der Waals surface area contributed by atoms with E-state index >= 15 is 4.39 Å². The molecule has 49 heavy (non-hydrogen) atoms. The lowest BCUT2D eigenvalue weighted by Crippen LogP contribution is -2.51. The number of unbranched alkanes of at least 4 members (excludes halogenated alkanes) is 2. The fourth-order valence-electron chi connectivity index (χ4n) is 9.75. The number of aromatic hydroxyl groups is 1. The molecule has 2 saturated carbocycles. The fraction of sp³-hybridized carbons (Fsp3) is 0.432. The van der Waals surface area contributed by atoms with E-state index in [0.717, 1.165) is 72.8 Å². The van der Waals surface area contributed by atoms with Crippen LogP contribution in [-0.2, 0) is 24.2 Å². The van der Waals surface area contributed by atoms with Gasteiger partial charge in [-0.05, 0) is 107 Å². The molecule has 0 bridgehead atoms. The van der Waals surface area contributed by atoms with Gasteiger partial charge in [0.1, 0.15) is 11.9 Å². The number of carbonyl (C=O) groups excluding carboxylic acids is 1. The van der Waals surface area contributed by atoms with Crippen LogP contribution in [0.3, 0.4) is 0 Å². The minimum absolute atomic E-state index is 0.137. The maximum absolute atomic E-state index is 16.2. The van der Waals surface area contributed by atoms with Gasteiger partial charge in [-0.1, -0.05) is 111 Å². The Balaban J connectivity index is 1.00. The van der Waals surface area contributed by atoms with E-state index in [-0.39, 0.29) is 28.9 Å². The molecule has 0 spiro atoms. The number of nitrogens with zero attached hydrogens (tertiary/aromatic N) is 1. The first-order valence-corrected chi connectivity index (χ1v) is 18.4. The third-order valence-corrected chi connectivity index (χ3v) is 12.3. The molecule has 0 heterocycles. The van der Waals surface area contributed by atoms with Gasteiger partial charge >= 0.3 is 0 Å². The molecular formula is C44H50FNO3. The minimum Gasteiger partial charge on any atom is -0.508 e. The molecule has 0 aromatic heterocycles. The van der Waals surface area contributed by atoms with Gasteiger partial charge in [0, 0.05) is 19.0 Å². The van der Waals surface area contributed by atoms with Crippen LogP contribution in [0.1, 0.15) is 80.0 Å². The highest BCUT2D eigenvalue weighted by atomic mass is 19.1. The van der Waals surface area contributed by atoms with Crippen molar-refractivity contribution in [3.63, 3.8) is 0 Å². The Morgan fingerprint density at radius 2 is 1.57 bits per heavy atom. The Bertz CT molecular complexity index is 1710. The summed E-state index contributed by atoms with van der Waals surface area (Å²) in [5, 5.41) is 21.3. The molecule has 5 heteroatoms. The molecule has 4 aromatic rings. The zero-order chi connectivity index (χ0) is 34.0. The number of aliphatic hydroxyl groups excluding tert-OH is 1. The van der Waals surface area contributed by atoms with Gasteiger partial charge in [-0.15, -0.1) is 0 Å². The normalized spacial score (nSPS) is 27.2. The second-order valence-corrected chi connectivity index (χ2v) is 15.3. The van der Waals surface area contributed by atoms with Gasteiger partial charge < -0.3 is 15.1 Å². The zero-order valence-corrected chi connectivity index (χ0v) is 28.7. The van der Waals surface area contributed by atoms with E-state index in [4.69, 9.17) is 0 Å². The Kier molecular flexibility index (Phi) is 9.91. The number of halogens is 1. The number of phenols is 1. The average Bonchev–Trinajstić information content (AvgIpc) is 3.41. The minimum atomic E-state index is -0.989. The maximum atomic E-state index is 16.2. The summed E-state index contributed by atoms with van der Waals surface area (Å²) < 4.78 is 16.2. The van der Waals surface area contributed by atoms with Gasteiger partial charge in [-0.25, -0.2) is 4.39 Å². The Hall–Kier alpha value is -3.96. The average molecular weight is 660 g/mol. The molecule has 7 rings (SSSR count). The summed E-state index contributed by atoms with van der Waals surface area (Å²) in [4.78, 5) is 15.7. The van der Waals surface area contributed by atoms with Crippen molar-refractivity contribution in [1.29, 1.82) is 0 Å². The SMILES string of the molecule is C[C@]12C[C@H](F)C3c4ccc(O)cc4C[C@@H](CCCCCN(Cc4ccccc4)C(=O)Cc4ccc(-c5ccccc5)cc4)C3C1CC[C@@H]2O. The highest BCUT2D eigenvalue weighted by Gasteiger charge is 2.59. The molecule has 3 aliphatic carbocycles. The molecule has 0 aliphatic heterocycles. The van der Waals surface area contributed by atoms with Crippen molar-refractivity contribution in [3.8, 4) is 16.9 Å². The lowest BCUT2D eigenvalue weighted by atomic mass is 9.51. The number of fused-ring (bicyclic) bond motifs is 5. The molecule has 4 nitrogen and oxygen atoms in total. The zero-order valence-electron chi connectivity index (χ0n) is 28.7. The van der Waals surface area contributed by atoms with Crippen LogP contribution in [0.15, 0.2) is 103 Å². The summed E-state index contributed by atoms with van der Waals surface area (Å²) in [7, 11) is 0. The van der Waals surface area contributed by atoms with E-state index in [1.54, 1.807) is 6.07 Å². The second-order valence-electron chi connectivity index (χ2n) is 15.3. The number of aliphatic hydroxyl groups is 1. The van der Waals surface area contributed by atoms with Crippen LogP contribution in [0.5, 0.6) is 5.75 Å². The van der Waals surface area contributed by atoms with Gasteiger partial charge in [-0.3, -0.25) is 4.79 Å². The molecule has 0 radical (unpaired) electrons. The summed E-state index contributed by atoms with van der Waals surface area (Å²) in [6.45, 7) is 3.41. The lowest BCUT2D eigenvalue weighted by Gasteiger charge is -2.54. The number of alkyl halides is 1. The number of benzene rings is 4. The van der Waals surface area contributed by atoms with E-state index in [1.807, 2.05) is 53.4 Å². The molecule has 4 aromatic carbocycles. The molecular weight excluding hydrogens is 609 g/mol. The van der Waals surface area contributed by atoms with E-state index in [0.29, 0.717) is 37.8 Å². The monoisotopic (exact) mass is 659 g/mol. The summed E-state index contributed by atoms with van der Waals surface area (Å²) >= 11 is 0. The van der Waals surface area contributed by atoms with Crippen molar-refractivity contribution < 1.29 is 19.4 Å². The summed E-state index contributed by atoms with van der Waals surface area (Å²) in [6, 6.07) is 34.4. The molecule has 0 saturated heterocycles. The Labute approximate surface area is 291 Å². The molecule has 256 valence electrons. The first-order valence-electron chi connectivity index (χ1n) is 18.4. The quantitative estimate of drug-likeness (QED) is 0.158. The number of hydrogen-bond acceptors (Lipinski definition) is 3. The summed E-state index contributed by atoms with van der Waals surface area (Å²) in [5.74, 6) is 1.04. The molecule has 2 N–H and O–H groups in total. The maximum Gasteiger partial charge on any atom is 0.227 e. The van der Waals surface area contributed by atoms with E-state index in [2.05, 4.69) is 55.5 Å². The number of phenolic OH excluding ortho intramolecular Hbond substituents is 1. The van der Waals surface area contributed by atoms with Crippen LogP contribution in [0.4, 0.5) is 4.39 Å². The van der Waals surface area contributed by atoms with Crippen molar-refractivity contribution in [1.82, 2.24) is 4.90 Å². The third-order valence-electron chi connectivity index (χ3n) is 12.3. The lowest BCUT2D eigenvalue weighted by molar-refractivity contribution is -0.131. The van der Waals surface area contributed by atoms with Gasteiger partial charge in [0.15, 0.2) is 0 Å². The fourth-order valence-corrected chi connectivity index (χ4v) is 9.75. The predicted octanol–water partition coefficient (Wildman–Crippen LogP) is 9.28. The van der Waals surface area contributed by atoms with Crippen molar-refractivity contribution in [2.45, 2.75) is 89.4 Å².